The fourth-order valence-corrected chi connectivity index (χ4v) is 3.08. The van der Waals surface area contributed by atoms with Crippen molar-refractivity contribution in [2.24, 2.45) is 23.5 Å². The summed E-state index contributed by atoms with van der Waals surface area (Å²) in [6, 6.07) is 0.657. The summed E-state index contributed by atoms with van der Waals surface area (Å²) in [5.74, 6) is 2.11. The minimum atomic E-state index is 0.271. The Morgan fingerprint density at radius 3 is 2.20 bits per heavy atom. The van der Waals surface area contributed by atoms with E-state index in [1.54, 1.807) is 0 Å². The van der Waals surface area contributed by atoms with E-state index in [4.69, 9.17) is 5.73 Å². The van der Waals surface area contributed by atoms with Crippen molar-refractivity contribution in [1.29, 1.82) is 0 Å². The van der Waals surface area contributed by atoms with Gasteiger partial charge in [0.2, 0.25) is 0 Å². The largest absolute Gasteiger partial charge is 0.330 e. The second-order valence-electron chi connectivity index (χ2n) is 6.43. The van der Waals surface area contributed by atoms with Gasteiger partial charge in [0.1, 0.15) is 0 Å². The molecule has 0 aliphatic carbocycles. The number of nitrogens with two attached hydrogens (primary N) is 1. The van der Waals surface area contributed by atoms with Crippen LogP contribution in [0.3, 0.4) is 0 Å². The Labute approximate surface area is 95.2 Å². The van der Waals surface area contributed by atoms with E-state index in [1.165, 1.54) is 6.54 Å². The van der Waals surface area contributed by atoms with Crippen LogP contribution < -0.4 is 5.73 Å². The molecule has 15 heavy (non-hydrogen) atoms. The molecule has 0 spiro atoms. The normalized spacial score (nSPS) is 34.0. The quantitative estimate of drug-likeness (QED) is 0.761. The second kappa shape index (κ2) is 4.42. The van der Waals surface area contributed by atoms with Crippen molar-refractivity contribution in [2.45, 2.75) is 53.1 Å². The maximum absolute atomic E-state index is 5.93. The van der Waals surface area contributed by atoms with E-state index < -0.39 is 0 Å². The van der Waals surface area contributed by atoms with Crippen molar-refractivity contribution >= 4 is 0 Å². The number of rotatable bonds is 2. The van der Waals surface area contributed by atoms with E-state index in [9.17, 15) is 0 Å². The summed E-state index contributed by atoms with van der Waals surface area (Å²) < 4.78 is 0. The van der Waals surface area contributed by atoms with Gasteiger partial charge in [-0.2, -0.15) is 0 Å². The zero-order valence-electron chi connectivity index (χ0n) is 11.2. The number of nitrogens with zero attached hydrogens (tertiary/aromatic N) is 1. The van der Waals surface area contributed by atoms with E-state index >= 15 is 0 Å². The lowest BCUT2D eigenvalue weighted by molar-refractivity contribution is 0.0802. The fraction of sp³-hybridized carbons (Fsp3) is 1.00. The van der Waals surface area contributed by atoms with Gasteiger partial charge in [0.15, 0.2) is 0 Å². The molecule has 2 N–H and O–H groups in total. The fourth-order valence-electron chi connectivity index (χ4n) is 3.08. The van der Waals surface area contributed by atoms with Crippen LogP contribution in [0, 0.1) is 17.8 Å². The predicted molar refractivity (Wildman–Crippen MR) is 66.8 cm³/mol. The third kappa shape index (κ3) is 2.54. The number of hydrogen-bond acceptors (Lipinski definition) is 2. The molecule has 3 atom stereocenters. The molecular weight excluding hydrogens is 184 g/mol. The van der Waals surface area contributed by atoms with Gasteiger partial charge in [-0.25, -0.2) is 0 Å². The molecule has 1 heterocycles. The molecule has 90 valence electrons. The molecule has 1 unspecified atom stereocenters. The Hall–Kier alpha value is -0.0800. The van der Waals surface area contributed by atoms with Gasteiger partial charge in [-0.05, 0) is 45.1 Å². The lowest BCUT2D eigenvalue weighted by atomic mass is 9.85. The number of hydrogen-bond donors (Lipinski definition) is 1. The smallest absolute Gasteiger partial charge is 0.0167 e. The molecule has 0 aromatic carbocycles. The standard InChI is InChI=1S/C13H28N2/c1-9(2)12-11(7-14)10(3)8-15(12)13(4,5)6/h9-12H,7-8,14H2,1-6H3/t10-,11-,12?/m1/s1. The highest BCUT2D eigenvalue weighted by Gasteiger charge is 2.44. The Morgan fingerprint density at radius 1 is 1.33 bits per heavy atom. The van der Waals surface area contributed by atoms with Crippen molar-refractivity contribution < 1.29 is 0 Å². The molecule has 2 heteroatoms. The molecule has 1 aliphatic rings. The van der Waals surface area contributed by atoms with Crippen LogP contribution in [0.5, 0.6) is 0 Å². The molecule has 0 aromatic heterocycles. The first-order valence-corrected chi connectivity index (χ1v) is 6.25. The molecule has 0 saturated carbocycles. The van der Waals surface area contributed by atoms with Gasteiger partial charge in [0.25, 0.3) is 0 Å². The van der Waals surface area contributed by atoms with Crippen molar-refractivity contribution in [3.63, 3.8) is 0 Å². The Bertz CT molecular complexity index is 205. The van der Waals surface area contributed by atoms with Crippen LogP contribution in [0.1, 0.15) is 41.5 Å². The Morgan fingerprint density at radius 2 is 1.87 bits per heavy atom. The Kier molecular flexibility index (Phi) is 3.83. The first kappa shape index (κ1) is 13.0. The van der Waals surface area contributed by atoms with Gasteiger partial charge in [0, 0.05) is 18.1 Å². The van der Waals surface area contributed by atoms with Gasteiger partial charge >= 0.3 is 0 Å². The third-order valence-corrected chi connectivity index (χ3v) is 3.83. The summed E-state index contributed by atoms with van der Waals surface area (Å²) in [6.45, 7) is 16.0. The monoisotopic (exact) mass is 212 g/mol. The lowest BCUT2D eigenvalue weighted by Crippen LogP contribution is -2.49. The lowest BCUT2D eigenvalue weighted by Gasteiger charge is -2.40. The highest BCUT2D eigenvalue weighted by Crippen LogP contribution is 2.37. The summed E-state index contributed by atoms with van der Waals surface area (Å²) in [6.07, 6.45) is 0. The van der Waals surface area contributed by atoms with Crippen molar-refractivity contribution in [1.82, 2.24) is 4.90 Å². The van der Waals surface area contributed by atoms with Crippen molar-refractivity contribution in [2.75, 3.05) is 13.1 Å². The Balaban J connectivity index is 2.90. The van der Waals surface area contributed by atoms with Gasteiger partial charge in [-0.3, -0.25) is 4.90 Å². The first-order valence-electron chi connectivity index (χ1n) is 6.25. The molecular formula is C13H28N2. The molecule has 2 nitrogen and oxygen atoms in total. The van der Waals surface area contributed by atoms with Crippen LogP contribution in [0.2, 0.25) is 0 Å². The SMILES string of the molecule is CC(C)C1[C@H](CN)[C@H](C)CN1C(C)(C)C. The van der Waals surface area contributed by atoms with E-state index in [0.29, 0.717) is 17.9 Å². The highest BCUT2D eigenvalue weighted by atomic mass is 15.2. The number of likely N-dealkylation sites (tertiary alicyclic amines) is 1. The molecule has 1 saturated heterocycles. The van der Waals surface area contributed by atoms with Crippen LogP contribution in [0.15, 0.2) is 0 Å². The molecule has 0 amide bonds. The first-order chi connectivity index (χ1) is 6.79. The van der Waals surface area contributed by atoms with Gasteiger partial charge in [-0.15, -0.1) is 0 Å². The minimum absolute atomic E-state index is 0.271. The van der Waals surface area contributed by atoms with Gasteiger partial charge < -0.3 is 5.73 Å². The zero-order valence-corrected chi connectivity index (χ0v) is 11.2. The van der Waals surface area contributed by atoms with E-state index in [0.717, 1.165) is 12.5 Å². The summed E-state index contributed by atoms with van der Waals surface area (Å²) in [5, 5.41) is 0. The highest BCUT2D eigenvalue weighted by molar-refractivity contribution is 4.97. The van der Waals surface area contributed by atoms with Crippen LogP contribution >= 0.6 is 0 Å². The predicted octanol–water partition coefficient (Wildman–Crippen LogP) is 2.34. The second-order valence-corrected chi connectivity index (χ2v) is 6.43. The topological polar surface area (TPSA) is 29.3 Å². The molecule has 1 fully saturated rings. The van der Waals surface area contributed by atoms with Crippen LogP contribution in [-0.2, 0) is 0 Å². The maximum Gasteiger partial charge on any atom is 0.0167 e. The van der Waals surface area contributed by atoms with E-state index in [-0.39, 0.29) is 5.54 Å². The van der Waals surface area contributed by atoms with Crippen molar-refractivity contribution in [3.05, 3.63) is 0 Å². The third-order valence-electron chi connectivity index (χ3n) is 3.83. The minimum Gasteiger partial charge on any atom is -0.330 e. The molecule has 0 aromatic rings. The van der Waals surface area contributed by atoms with Gasteiger partial charge in [-0.1, -0.05) is 20.8 Å². The van der Waals surface area contributed by atoms with Gasteiger partial charge in [0.05, 0.1) is 0 Å². The van der Waals surface area contributed by atoms with E-state index in [2.05, 4.69) is 46.4 Å². The van der Waals surface area contributed by atoms with Crippen LogP contribution in [-0.4, -0.2) is 29.6 Å². The zero-order chi connectivity index (χ0) is 11.8. The average Bonchev–Trinajstić information content (AvgIpc) is 2.41. The summed E-state index contributed by atoms with van der Waals surface area (Å²) in [5.41, 5.74) is 6.20. The maximum atomic E-state index is 5.93. The molecule has 0 radical (unpaired) electrons. The summed E-state index contributed by atoms with van der Waals surface area (Å²) in [4.78, 5) is 2.65. The van der Waals surface area contributed by atoms with E-state index in [1.807, 2.05) is 0 Å². The average molecular weight is 212 g/mol. The molecule has 1 rings (SSSR count). The van der Waals surface area contributed by atoms with Crippen LogP contribution in [0.4, 0.5) is 0 Å². The molecule has 0 bridgehead atoms. The van der Waals surface area contributed by atoms with Crippen LogP contribution in [0.25, 0.3) is 0 Å². The summed E-state index contributed by atoms with van der Waals surface area (Å²) >= 11 is 0. The summed E-state index contributed by atoms with van der Waals surface area (Å²) in [7, 11) is 0. The molecule has 1 aliphatic heterocycles. The van der Waals surface area contributed by atoms with Crippen molar-refractivity contribution in [3.8, 4) is 0 Å².